The van der Waals surface area contributed by atoms with Crippen molar-refractivity contribution in [3.05, 3.63) is 41.2 Å². The summed E-state index contributed by atoms with van der Waals surface area (Å²) in [5, 5.41) is 0. The van der Waals surface area contributed by atoms with Crippen LogP contribution in [0.1, 0.15) is 36.8 Å². The number of Topliss-reactive ketones (excluding diaryl/α,β-unsaturated/α-hetero) is 1. The Balaban J connectivity index is 2.21. The third kappa shape index (κ3) is 1.31. The molecule has 0 amide bonds. The van der Waals surface area contributed by atoms with E-state index in [1.54, 1.807) is 24.3 Å². The number of hydrogen-bond donors (Lipinski definition) is 0. The van der Waals surface area contributed by atoms with Crippen molar-refractivity contribution >= 4 is 11.6 Å². The van der Waals surface area contributed by atoms with Crippen LogP contribution in [-0.2, 0) is 10.2 Å². The summed E-state index contributed by atoms with van der Waals surface area (Å²) in [7, 11) is 0. The summed E-state index contributed by atoms with van der Waals surface area (Å²) in [5.41, 5.74) is -0.0431. The van der Waals surface area contributed by atoms with Crippen LogP contribution in [-0.4, -0.2) is 5.78 Å². The van der Waals surface area contributed by atoms with Crippen LogP contribution in [0.15, 0.2) is 30.1 Å². The average molecular weight is 234 g/mol. The van der Waals surface area contributed by atoms with Crippen LogP contribution in [0.25, 0.3) is 5.83 Å². The van der Waals surface area contributed by atoms with E-state index in [1.807, 2.05) is 0 Å². The first kappa shape index (κ1) is 10.6. The number of halogens is 2. The van der Waals surface area contributed by atoms with Gasteiger partial charge < -0.3 is 0 Å². The zero-order chi connectivity index (χ0) is 12.0. The molecule has 0 N–H and O–H groups in total. The Kier molecular flexibility index (Phi) is 2.18. The van der Waals surface area contributed by atoms with Gasteiger partial charge >= 0.3 is 0 Å². The number of ketones is 1. The van der Waals surface area contributed by atoms with Crippen molar-refractivity contribution in [2.75, 3.05) is 0 Å². The van der Waals surface area contributed by atoms with Crippen LogP contribution >= 0.6 is 0 Å². The third-order valence-corrected chi connectivity index (χ3v) is 3.85. The first-order valence-corrected chi connectivity index (χ1v) is 5.82. The standard InChI is InChI=1S/C14H12F2O/c15-12-10-5-1-2-6-11(10)14(13(12)16)7-3-4-9(17)8-14/h1-2,5-6H,3-4,7-8H2/t14-/m1/s1. The van der Waals surface area contributed by atoms with Gasteiger partial charge in [0, 0.05) is 18.4 Å². The minimum atomic E-state index is -1.00. The molecule has 3 heteroatoms. The van der Waals surface area contributed by atoms with Crippen LogP contribution in [0.5, 0.6) is 0 Å². The van der Waals surface area contributed by atoms with Gasteiger partial charge in [0.1, 0.15) is 11.6 Å². The van der Waals surface area contributed by atoms with Crippen LogP contribution < -0.4 is 0 Å². The van der Waals surface area contributed by atoms with Gasteiger partial charge in [-0.05, 0) is 18.4 Å². The Hall–Kier alpha value is -1.51. The summed E-state index contributed by atoms with van der Waals surface area (Å²) in [4.78, 5) is 11.6. The van der Waals surface area contributed by atoms with E-state index in [9.17, 15) is 13.6 Å². The van der Waals surface area contributed by atoms with Crippen LogP contribution in [0.4, 0.5) is 8.78 Å². The van der Waals surface area contributed by atoms with Crippen molar-refractivity contribution in [3.63, 3.8) is 0 Å². The molecule has 0 aromatic heterocycles. The summed E-state index contributed by atoms with van der Waals surface area (Å²) in [6.45, 7) is 0. The van der Waals surface area contributed by atoms with E-state index < -0.39 is 17.1 Å². The van der Waals surface area contributed by atoms with E-state index in [1.165, 1.54) is 0 Å². The summed E-state index contributed by atoms with van der Waals surface area (Å²) >= 11 is 0. The van der Waals surface area contributed by atoms with E-state index in [0.717, 1.165) is 0 Å². The maximum atomic E-state index is 14.2. The lowest BCUT2D eigenvalue weighted by Gasteiger charge is -2.32. The Morgan fingerprint density at radius 3 is 2.71 bits per heavy atom. The monoisotopic (exact) mass is 234 g/mol. The molecular weight excluding hydrogens is 222 g/mol. The maximum Gasteiger partial charge on any atom is 0.163 e. The van der Waals surface area contributed by atoms with Gasteiger partial charge in [-0.25, -0.2) is 8.78 Å². The first-order chi connectivity index (χ1) is 8.15. The molecule has 1 aromatic carbocycles. The molecule has 0 saturated heterocycles. The van der Waals surface area contributed by atoms with E-state index in [0.29, 0.717) is 30.4 Å². The highest BCUT2D eigenvalue weighted by Gasteiger charge is 2.49. The quantitative estimate of drug-likeness (QED) is 0.669. The number of carbonyl (C=O) groups excluding carboxylic acids is 1. The average Bonchev–Trinajstić information content (AvgIpc) is 2.54. The first-order valence-electron chi connectivity index (χ1n) is 5.82. The topological polar surface area (TPSA) is 17.1 Å². The predicted molar refractivity (Wildman–Crippen MR) is 60.7 cm³/mol. The molecule has 0 unspecified atom stereocenters. The number of fused-ring (bicyclic) bond motifs is 2. The number of rotatable bonds is 0. The zero-order valence-corrected chi connectivity index (χ0v) is 9.30. The summed E-state index contributed by atoms with van der Waals surface area (Å²) in [5.74, 6) is -1.50. The van der Waals surface area contributed by atoms with Gasteiger partial charge in [-0.15, -0.1) is 0 Å². The lowest BCUT2D eigenvalue weighted by molar-refractivity contribution is -0.121. The third-order valence-electron chi connectivity index (χ3n) is 3.85. The van der Waals surface area contributed by atoms with Crippen molar-refractivity contribution in [2.45, 2.75) is 31.1 Å². The molecule has 0 aliphatic heterocycles. The fraction of sp³-hybridized carbons (Fsp3) is 0.357. The second-order valence-corrected chi connectivity index (χ2v) is 4.82. The van der Waals surface area contributed by atoms with E-state index in [2.05, 4.69) is 0 Å². The number of allylic oxidation sites excluding steroid dienone is 1. The molecule has 1 nitrogen and oxygen atoms in total. The SMILES string of the molecule is O=C1CCC[C@]2(C1)C(F)=C(F)c1ccccc12. The molecule has 17 heavy (non-hydrogen) atoms. The molecule has 0 bridgehead atoms. The summed E-state index contributed by atoms with van der Waals surface area (Å²) < 4.78 is 28.0. The molecule has 1 spiro atoms. The Morgan fingerprint density at radius 1 is 1.18 bits per heavy atom. The Morgan fingerprint density at radius 2 is 1.94 bits per heavy atom. The Labute approximate surface area is 98.1 Å². The molecule has 1 atom stereocenters. The molecule has 88 valence electrons. The fourth-order valence-electron chi connectivity index (χ4n) is 3.06. The number of carbonyl (C=O) groups is 1. The summed E-state index contributed by atoms with van der Waals surface area (Å²) in [6, 6.07) is 6.78. The lowest BCUT2D eigenvalue weighted by Crippen LogP contribution is -2.32. The highest BCUT2D eigenvalue weighted by Crippen LogP contribution is 2.54. The highest BCUT2D eigenvalue weighted by atomic mass is 19.2. The van der Waals surface area contributed by atoms with Crippen LogP contribution in [0, 0.1) is 0 Å². The van der Waals surface area contributed by atoms with Gasteiger partial charge in [-0.1, -0.05) is 24.3 Å². The van der Waals surface area contributed by atoms with Gasteiger partial charge in [-0.3, -0.25) is 4.79 Å². The smallest absolute Gasteiger partial charge is 0.163 e. The maximum absolute atomic E-state index is 14.2. The minimum Gasteiger partial charge on any atom is -0.300 e. The van der Waals surface area contributed by atoms with Crippen molar-refractivity contribution in [3.8, 4) is 0 Å². The molecule has 1 fully saturated rings. The van der Waals surface area contributed by atoms with Crippen molar-refractivity contribution in [1.29, 1.82) is 0 Å². The molecule has 2 aliphatic rings. The van der Waals surface area contributed by atoms with Crippen molar-refractivity contribution in [2.24, 2.45) is 0 Å². The van der Waals surface area contributed by atoms with E-state index in [-0.39, 0.29) is 12.2 Å². The second-order valence-electron chi connectivity index (χ2n) is 4.82. The van der Waals surface area contributed by atoms with E-state index >= 15 is 0 Å². The van der Waals surface area contributed by atoms with Crippen LogP contribution in [0.3, 0.4) is 0 Å². The molecule has 2 aliphatic carbocycles. The molecular formula is C14H12F2O. The molecule has 0 radical (unpaired) electrons. The number of hydrogen-bond acceptors (Lipinski definition) is 1. The molecule has 3 rings (SSSR count). The fourth-order valence-corrected chi connectivity index (χ4v) is 3.06. The van der Waals surface area contributed by atoms with Gasteiger partial charge in [-0.2, -0.15) is 0 Å². The molecule has 0 heterocycles. The normalized spacial score (nSPS) is 27.8. The minimum absolute atomic E-state index is 0.0240. The lowest BCUT2D eigenvalue weighted by atomic mass is 9.70. The molecule has 1 saturated carbocycles. The van der Waals surface area contributed by atoms with Gasteiger partial charge in [0.15, 0.2) is 5.83 Å². The molecule has 1 aromatic rings. The predicted octanol–water partition coefficient (Wildman–Crippen LogP) is 3.69. The largest absolute Gasteiger partial charge is 0.300 e. The van der Waals surface area contributed by atoms with Crippen LogP contribution in [0.2, 0.25) is 0 Å². The highest BCUT2D eigenvalue weighted by molar-refractivity contribution is 5.85. The van der Waals surface area contributed by atoms with Gasteiger partial charge in [0.2, 0.25) is 0 Å². The number of benzene rings is 1. The van der Waals surface area contributed by atoms with Gasteiger partial charge in [0.05, 0.1) is 5.41 Å². The van der Waals surface area contributed by atoms with Crippen molar-refractivity contribution in [1.82, 2.24) is 0 Å². The van der Waals surface area contributed by atoms with Gasteiger partial charge in [0.25, 0.3) is 0 Å². The zero-order valence-electron chi connectivity index (χ0n) is 9.30. The summed E-state index contributed by atoms with van der Waals surface area (Å²) in [6.07, 6.45) is 1.74. The van der Waals surface area contributed by atoms with Crippen molar-refractivity contribution < 1.29 is 13.6 Å². The Bertz CT molecular complexity index is 533. The second kappa shape index (κ2) is 3.49. The van der Waals surface area contributed by atoms with E-state index in [4.69, 9.17) is 0 Å².